The molecule has 0 saturated heterocycles. The molecule has 0 radical (unpaired) electrons. The second-order valence-electron chi connectivity index (χ2n) is 3.64. The highest BCUT2D eigenvalue weighted by molar-refractivity contribution is 5.51. The van der Waals surface area contributed by atoms with E-state index in [1.165, 1.54) is 16.7 Å². The summed E-state index contributed by atoms with van der Waals surface area (Å²) in [4.78, 5) is 0. The van der Waals surface area contributed by atoms with Crippen molar-refractivity contribution in [2.75, 3.05) is 0 Å². The number of allylic oxidation sites excluding steroid dienone is 7. The summed E-state index contributed by atoms with van der Waals surface area (Å²) in [6, 6.07) is 0. The first-order chi connectivity index (χ1) is 6.75. The van der Waals surface area contributed by atoms with Crippen molar-refractivity contribution in [2.24, 2.45) is 0 Å². The Morgan fingerprint density at radius 1 is 1.29 bits per heavy atom. The molecule has 2 aliphatic carbocycles. The lowest BCUT2D eigenvalue weighted by molar-refractivity contribution is 1.19. The minimum absolute atomic E-state index is 0.980. The SMILES string of the molecule is CC1=C(C)CC(C#CC2=C=CC=C2)=C1. The highest BCUT2D eigenvalue weighted by atomic mass is 14.1. The molecule has 0 spiro atoms. The van der Waals surface area contributed by atoms with Crippen molar-refractivity contribution in [3.63, 3.8) is 0 Å². The van der Waals surface area contributed by atoms with E-state index in [4.69, 9.17) is 0 Å². The maximum absolute atomic E-state index is 3.18. The average molecular weight is 180 g/mol. The Labute approximate surface area is 85.0 Å². The number of hydrogen-bond donors (Lipinski definition) is 0. The van der Waals surface area contributed by atoms with Crippen LogP contribution in [0, 0.1) is 11.8 Å². The van der Waals surface area contributed by atoms with Crippen molar-refractivity contribution >= 4 is 0 Å². The van der Waals surface area contributed by atoms with Gasteiger partial charge in [-0.3, -0.25) is 0 Å². The van der Waals surface area contributed by atoms with E-state index < -0.39 is 0 Å². The highest BCUT2D eigenvalue weighted by Crippen LogP contribution is 2.23. The van der Waals surface area contributed by atoms with Gasteiger partial charge in [0.1, 0.15) is 0 Å². The largest absolute Gasteiger partial charge is 0.104 e. The molecular formula is C14H12. The van der Waals surface area contributed by atoms with E-state index in [1.807, 2.05) is 18.2 Å². The first kappa shape index (κ1) is 8.88. The summed E-state index contributed by atoms with van der Waals surface area (Å²) in [6.45, 7) is 4.30. The first-order valence-corrected chi connectivity index (χ1v) is 4.78. The summed E-state index contributed by atoms with van der Waals surface area (Å²) >= 11 is 0. The zero-order valence-electron chi connectivity index (χ0n) is 8.52. The standard InChI is InChI=1S/C14H12/c1-11-9-14(10-12(11)2)8-7-13-5-3-4-6-13/h3-5,9H,10H2,1-2H3. The van der Waals surface area contributed by atoms with Gasteiger partial charge in [-0.25, -0.2) is 0 Å². The molecule has 2 aliphatic rings. The van der Waals surface area contributed by atoms with Crippen LogP contribution >= 0.6 is 0 Å². The second kappa shape index (κ2) is 3.58. The fourth-order valence-electron chi connectivity index (χ4n) is 1.50. The molecular weight excluding hydrogens is 168 g/mol. The predicted molar refractivity (Wildman–Crippen MR) is 59.6 cm³/mol. The van der Waals surface area contributed by atoms with Crippen molar-refractivity contribution in [1.29, 1.82) is 0 Å². The van der Waals surface area contributed by atoms with E-state index in [9.17, 15) is 0 Å². The van der Waals surface area contributed by atoms with Gasteiger partial charge in [-0.1, -0.05) is 29.1 Å². The van der Waals surface area contributed by atoms with Crippen molar-refractivity contribution in [3.05, 3.63) is 52.3 Å². The van der Waals surface area contributed by atoms with Gasteiger partial charge in [-0.2, -0.15) is 0 Å². The minimum Gasteiger partial charge on any atom is -0.104 e. The lowest BCUT2D eigenvalue weighted by Crippen LogP contribution is -1.75. The zero-order chi connectivity index (χ0) is 9.97. The lowest BCUT2D eigenvalue weighted by Gasteiger charge is -1.90. The molecule has 0 amide bonds. The van der Waals surface area contributed by atoms with Crippen molar-refractivity contribution in [2.45, 2.75) is 20.3 Å². The Morgan fingerprint density at radius 2 is 2.14 bits per heavy atom. The quantitative estimate of drug-likeness (QED) is 0.396. The molecule has 0 nitrogen and oxygen atoms in total. The molecule has 0 bridgehead atoms. The fourth-order valence-corrected chi connectivity index (χ4v) is 1.50. The van der Waals surface area contributed by atoms with Crippen LogP contribution in [0.5, 0.6) is 0 Å². The van der Waals surface area contributed by atoms with Crippen LogP contribution in [0.3, 0.4) is 0 Å². The van der Waals surface area contributed by atoms with Gasteiger partial charge in [0.15, 0.2) is 0 Å². The molecule has 68 valence electrons. The van der Waals surface area contributed by atoms with Crippen LogP contribution < -0.4 is 0 Å². The summed E-state index contributed by atoms with van der Waals surface area (Å²) in [5.74, 6) is 6.29. The minimum atomic E-state index is 0.980. The van der Waals surface area contributed by atoms with Crippen LogP contribution in [0.1, 0.15) is 20.3 Å². The molecule has 0 aliphatic heterocycles. The lowest BCUT2D eigenvalue weighted by atomic mass is 10.1. The van der Waals surface area contributed by atoms with E-state index in [0.717, 1.165) is 12.0 Å². The average Bonchev–Trinajstić information content (AvgIpc) is 2.74. The third kappa shape index (κ3) is 1.79. The van der Waals surface area contributed by atoms with Gasteiger partial charge in [-0.05, 0) is 32.1 Å². The van der Waals surface area contributed by atoms with Gasteiger partial charge >= 0.3 is 0 Å². The molecule has 0 heteroatoms. The molecule has 0 aromatic rings. The van der Waals surface area contributed by atoms with Gasteiger partial charge in [0.2, 0.25) is 0 Å². The normalized spacial score (nSPS) is 18.1. The van der Waals surface area contributed by atoms with E-state index >= 15 is 0 Å². The molecule has 0 N–H and O–H groups in total. The molecule has 0 heterocycles. The summed E-state index contributed by atoms with van der Waals surface area (Å²) in [5.41, 5.74) is 8.06. The third-order valence-electron chi connectivity index (χ3n) is 2.48. The predicted octanol–water partition coefficient (Wildman–Crippen LogP) is 3.31. The van der Waals surface area contributed by atoms with Crippen molar-refractivity contribution in [1.82, 2.24) is 0 Å². The van der Waals surface area contributed by atoms with Crippen LogP contribution in [0.15, 0.2) is 52.3 Å². The Balaban J connectivity index is 2.12. The molecule has 0 atom stereocenters. The Hall–Kier alpha value is -1.70. The van der Waals surface area contributed by atoms with Crippen LogP contribution in [0.25, 0.3) is 0 Å². The second-order valence-corrected chi connectivity index (χ2v) is 3.64. The van der Waals surface area contributed by atoms with Crippen molar-refractivity contribution in [3.8, 4) is 11.8 Å². The molecule has 0 aromatic carbocycles. The molecule has 0 unspecified atom stereocenters. The molecule has 0 aromatic heterocycles. The maximum Gasteiger partial charge on any atom is 0.0667 e. The topological polar surface area (TPSA) is 0 Å². The highest BCUT2D eigenvalue weighted by Gasteiger charge is 2.06. The Morgan fingerprint density at radius 3 is 2.71 bits per heavy atom. The van der Waals surface area contributed by atoms with Crippen molar-refractivity contribution < 1.29 is 0 Å². The fraction of sp³-hybridized carbons (Fsp3) is 0.214. The van der Waals surface area contributed by atoms with Crippen LogP contribution in [0.2, 0.25) is 0 Å². The van der Waals surface area contributed by atoms with E-state index in [0.29, 0.717) is 0 Å². The van der Waals surface area contributed by atoms with Gasteiger partial charge in [-0.15, -0.1) is 5.73 Å². The summed E-state index contributed by atoms with van der Waals surface area (Å²) in [5, 5.41) is 0. The van der Waals surface area contributed by atoms with Gasteiger partial charge in [0, 0.05) is 12.0 Å². The van der Waals surface area contributed by atoms with E-state index in [1.54, 1.807) is 0 Å². The van der Waals surface area contributed by atoms with E-state index in [-0.39, 0.29) is 0 Å². The maximum atomic E-state index is 3.18. The molecule has 0 fully saturated rings. The third-order valence-corrected chi connectivity index (χ3v) is 2.48. The smallest absolute Gasteiger partial charge is 0.0667 e. The molecule has 2 rings (SSSR count). The number of rotatable bonds is 0. The van der Waals surface area contributed by atoms with Gasteiger partial charge in [0.25, 0.3) is 0 Å². The Kier molecular flexibility index (Phi) is 2.27. The summed E-state index contributed by atoms with van der Waals surface area (Å²) in [6.07, 6.45) is 9.02. The zero-order valence-corrected chi connectivity index (χ0v) is 8.52. The molecule has 14 heavy (non-hydrogen) atoms. The van der Waals surface area contributed by atoms with Gasteiger partial charge < -0.3 is 0 Å². The summed E-state index contributed by atoms with van der Waals surface area (Å²) in [7, 11) is 0. The van der Waals surface area contributed by atoms with E-state index in [2.05, 4.69) is 37.5 Å². The van der Waals surface area contributed by atoms with Crippen LogP contribution in [0.4, 0.5) is 0 Å². The number of hydrogen-bond acceptors (Lipinski definition) is 0. The first-order valence-electron chi connectivity index (χ1n) is 4.78. The van der Waals surface area contributed by atoms with Gasteiger partial charge in [0.05, 0.1) is 5.57 Å². The summed E-state index contributed by atoms with van der Waals surface area (Å²) < 4.78 is 0. The van der Waals surface area contributed by atoms with Crippen LogP contribution in [-0.4, -0.2) is 0 Å². The van der Waals surface area contributed by atoms with Crippen LogP contribution in [-0.2, 0) is 0 Å². The Bertz CT molecular complexity index is 476. The molecule has 0 saturated carbocycles. The monoisotopic (exact) mass is 180 g/mol.